The Kier molecular flexibility index (Phi) is 14.8. The van der Waals surface area contributed by atoms with Crippen LogP contribution >= 0.6 is 0 Å². The molecule has 1 N–H and O–H groups in total. The Balaban J connectivity index is 0.00000784. The molecule has 0 heterocycles. The molecular weight excluding hydrogens is 424 g/mol. The van der Waals surface area contributed by atoms with Crippen LogP contribution in [-0.2, 0) is 19.6 Å². The molecule has 29 heavy (non-hydrogen) atoms. The van der Waals surface area contributed by atoms with Gasteiger partial charge in [-0.15, -0.1) is 0 Å². The molecule has 0 atom stereocenters. The summed E-state index contributed by atoms with van der Waals surface area (Å²) in [7, 11) is -4.60. The van der Waals surface area contributed by atoms with Crippen LogP contribution in [0.4, 0.5) is 0 Å². The van der Waals surface area contributed by atoms with Gasteiger partial charge in [-0.2, -0.15) is 8.42 Å². The van der Waals surface area contributed by atoms with Crippen LogP contribution < -0.4 is 0 Å². The van der Waals surface area contributed by atoms with E-state index in [-0.39, 0.29) is 62.1 Å². The average Bonchev–Trinajstić information content (AvgIpc) is 2.66. The number of hydrogen-bond acceptors (Lipinski definition) is 6. The molecule has 0 aliphatic rings. The van der Waals surface area contributed by atoms with Crippen molar-refractivity contribution in [3.05, 3.63) is 29.3 Å². The maximum atomic E-state index is 12.2. The summed E-state index contributed by atoms with van der Waals surface area (Å²) < 4.78 is 42.6. The van der Waals surface area contributed by atoms with Crippen LogP contribution in [0.2, 0.25) is 0 Å². The second-order valence-corrected chi connectivity index (χ2v) is 8.04. The van der Waals surface area contributed by atoms with E-state index in [1.54, 1.807) is 0 Å². The summed E-state index contributed by atoms with van der Waals surface area (Å²) in [5, 5.41) is 0. The minimum Gasteiger partial charge on any atom is -0.462 e. The first-order valence-corrected chi connectivity index (χ1v) is 11.2. The fourth-order valence-electron chi connectivity index (χ4n) is 2.54. The number of carbonyl (C=O) groups excluding carboxylic acids is 2. The van der Waals surface area contributed by atoms with Gasteiger partial charge in [-0.05, 0) is 31.0 Å². The Morgan fingerprint density at radius 1 is 0.793 bits per heavy atom. The first kappa shape index (κ1) is 28.3. The van der Waals surface area contributed by atoms with Crippen molar-refractivity contribution in [2.75, 3.05) is 13.2 Å². The Bertz CT molecular complexity index is 703. The van der Waals surface area contributed by atoms with E-state index in [9.17, 15) is 22.6 Å². The van der Waals surface area contributed by atoms with Gasteiger partial charge >= 0.3 is 49.7 Å². The van der Waals surface area contributed by atoms with Gasteiger partial charge in [-0.3, -0.25) is 4.55 Å². The van der Waals surface area contributed by atoms with Crippen LogP contribution in [0, 0.1) is 0 Å². The summed E-state index contributed by atoms with van der Waals surface area (Å²) in [4.78, 5) is 23.9. The zero-order valence-corrected chi connectivity index (χ0v) is 20.3. The van der Waals surface area contributed by atoms with Crippen LogP contribution in [0.1, 0.15) is 85.9 Å². The molecule has 0 bridgehead atoms. The Hall–Kier alpha value is -0.670. The average molecular weight is 455 g/mol. The first-order chi connectivity index (χ1) is 13.3. The summed E-state index contributed by atoms with van der Waals surface area (Å²) in [6.07, 6.45) is 7.40. The maximum Gasteiger partial charge on any atom is 2.00 e. The van der Waals surface area contributed by atoms with Crippen molar-refractivity contribution in [1.29, 1.82) is 0 Å². The van der Waals surface area contributed by atoms with E-state index in [4.69, 9.17) is 9.47 Å². The molecule has 0 fully saturated rings. The van der Waals surface area contributed by atoms with Gasteiger partial charge in [0.1, 0.15) is 0 Å². The molecule has 1 rings (SSSR count). The van der Waals surface area contributed by atoms with Gasteiger partial charge in [-0.1, -0.05) is 52.4 Å². The van der Waals surface area contributed by atoms with Gasteiger partial charge in [0.05, 0.1) is 29.2 Å². The summed E-state index contributed by atoms with van der Waals surface area (Å²) in [5.41, 5.74) is -0.243. The molecule has 7 nitrogen and oxygen atoms in total. The summed E-state index contributed by atoms with van der Waals surface area (Å²) in [5.74, 6) is -1.50. The molecule has 1 aromatic rings. The van der Waals surface area contributed by atoms with Crippen LogP contribution in [0.15, 0.2) is 23.1 Å². The number of unbranched alkanes of at least 4 members (excludes halogenated alkanes) is 6. The van der Waals surface area contributed by atoms with Crippen LogP contribution in [-0.4, -0.2) is 75.9 Å². The normalized spacial score (nSPS) is 10.9. The van der Waals surface area contributed by atoms with Crippen molar-refractivity contribution < 1.29 is 32.0 Å². The standard InChI is InChI=1S/C20H30O7S.Ca/c1-3-5-7-9-11-26-19(21)16-13-17(15-18(14-16)28(23,24)25)20(22)27-12-10-8-6-4-2;/h13-15H,3-12H2,1-2H3,(H,23,24,25);/q;+2. The Morgan fingerprint density at radius 2 is 1.21 bits per heavy atom. The molecule has 0 spiro atoms. The van der Waals surface area contributed by atoms with E-state index in [0.29, 0.717) is 12.8 Å². The van der Waals surface area contributed by atoms with Gasteiger partial charge in [-0.25, -0.2) is 9.59 Å². The number of hydrogen-bond donors (Lipinski definition) is 1. The van der Waals surface area contributed by atoms with Crippen molar-refractivity contribution in [2.45, 2.75) is 70.1 Å². The van der Waals surface area contributed by atoms with Crippen molar-refractivity contribution in [3.63, 3.8) is 0 Å². The number of esters is 2. The fraction of sp³-hybridized carbons (Fsp3) is 0.600. The summed E-state index contributed by atoms with van der Waals surface area (Å²) in [6, 6.07) is 3.20. The van der Waals surface area contributed by atoms with Gasteiger partial charge < -0.3 is 9.47 Å². The Labute approximate surface area is 203 Å². The van der Waals surface area contributed by atoms with Crippen LogP contribution in [0.25, 0.3) is 0 Å². The third-order valence-corrected chi connectivity index (χ3v) is 4.97. The van der Waals surface area contributed by atoms with Crippen LogP contribution in [0.3, 0.4) is 0 Å². The molecule has 1 aromatic carbocycles. The SMILES string of the molecule is CCCCCCOC(=O)c1cc(C(=O)OCCCCCC)cc(S(=O)(=O)O)c1.[Ca+2]. The molecule has 9 heteroatoms. The number of benzene rings is 1. The van der Waals surface area contributed by atoms with Gasteiger partial charge in [0, 0.05) is 0 Å². The zero-order chi connectivity index (χ0) is 21.0. The van der Waals surface area contributed by atoms with Crippen molar-refractivity contribution >= 4 is 59.8 Å². The predicted molar refractivity (Wildman–Crippen MR) is 111 cm³/mol. The number of carbonyl (C=O) groups is 2. The topological polar surface area (TPSA) is 107 Å². The van der Waals surface area contributed by atoms with Crippen LogP contribution in [0.5, 0.6) is 0 Å². The van der Waals surface area contributed by atoms with E-state index in [1.807, 2.05) is 0 Å². The quantitative estimate of drug-likeness (QED) is 0.207. The molecule has 0 amide bonds. The van der Waals surface area contributed by atoms with Gasteiger partial charge in [0.2, 0.25) is 0 Å². The van der Waals surface area contributed by atoms with Gasteiger partial charge in [0.25, 0.3) is 10.1 Å². The van der Waals surface area contributed by atoms with E-state index >= 15 is 0 Å². The minimum atomic E-state index is -4.60. The molecule has 158 valence electrons. The van der Waals surface area contributed by atoms with E-state index in [2.05, 4.69) is 13.8 Å². The van der Waals surface area contributed by atoms with Crippen molar-refractivity contribution in [2.24, 2.45) is 0 Å². The summed E-state index contributed by atoms with van der Waals surface area (Å²) in [6.45, 7) is 4.53. The second kappa shape index (κ2) is 15.2. The smallest absolute Gasteiger partial charge is 0.462 e. The largest absolute Gasteiger partial charge is 2.00 e. The molecule has 0 aliphatic heterocycles. The number of rotatable bonds is 13. The zero-order valence-electron chi connectivity index (χ0n) is 17.3. The molecule has 0 aliphatic carbocycles. The van der Waals surface area contributed by atoms with E-state index < -0.39 is 27.0 Å². The molecule has 0 aromatic heterocycles. The molecule has 0 saturated carbocycles. The summed E-state index contributed by atoms with van der Waals surface area (Å²) >= 11 is 0. The molecule has 0 saturated heterocycles. The second-order valence-electron chi connectivity index (χ2n) is 6.61. The maximum absolute atomic E-state index is 12.2. The Morgan fingerprint density at radius 3 is 1.55 bits per heavy atom. The van der Waals surface area contributed by atoms with Crippen molar-refractivity contribution in [3.8, 4) is 0 Å². The molecular formula is C20H30CaO7S+2. The monoisotopic (exact) mass is 454 g/mol. The predicted octanol–water partition coefficient (Wildman–Crippen LogP) is 4.03. The van der Waals surface area contributed by atoms with E-state index in [1.165, 1.54) is 6.07 Å². The van der Waals surface area contributed by atoms with Crippen molar-refractivity contribution in [1.82, 2.24) is 0 Å². The molecule has 0 unspecified atom stereocenters. The first-order valence-electron chi connectivity index (χ1n) is 9.76. The molecule has 0 radical (unpaired) electrons. The minimum absolute atomic E-state index is 0. The van der Waals surface area contributed by atoms with E-state index in [0.717, 1.165) is 50.7 Å². The van der Waals surface area contributed by atoms with Gasteiger partial charge in [0.15, 0.2) is 0 Å². The third kappa shape index (κ3) is 11.3. The number of ether oxygens (including phenoxy) is 2. The third-order valence-electron chi connectivity index (χ3n) is 4.14. The fourth-order valence-corrected chi connectivity index (χ4v) is 3.09.